The summed E-state index contributed by atoms with van der Waals surface area (Å²) in [6, 6.07) is 7.19. The van der Waals surface area contributed by atoms with Crippen molar-refractivity contribution >= 4 is 5.91 Å². The van der Waals surface area contributed by atoms with Crippen LogP contribution in [0.1, 0.15) is 35.7 Å². The van der Waals surface area contributed by atoms with Gasteiger partial charge >= 0.3 is 0 Å². The van der Waals surface area contributed by atoms with Crippen LogP contribution in [0.2, 0.25) is 0 Å². The highest BCUT2D eigenvalue weighted by Gasteiger charge is 2.42. The third kappa shape index (κ3) is 3.60. The average molecular weight is 377 g/mol. The minimum absolute atomic E-state index is 0.00376. The second-order valence-electron chi connectivity index (χ2n) is 7.85. The second kappa shape index (κ2) is 7.07. The van der Waals surface area contributed by atoms with Crippen molar-refractivity contribution in [3.8, 4) is 11.6 Å². The van der Waals surface area contributed by atoms with Crippen molar-refractivity contribution in [2.75, 3.05) is 13.1 Å². The number of carbonyl (C=O) groups is 1. The minimum Gasteiger partial charge on any atom is -0.437 e. The predicted octanol–water partition coefficient (Wildman–Crippen LogP) is 3.27. The molecule has 0 radical (unpaired) electrons. The first-order valence-corrected chi connectivity index (χ1v) is 9.24. The maximum absolute atomic E-state index is 13.1. The number of carbonyl (C=O) groups excluding carboxylic acids is 1. The molecule has 144 valence electrons. The Kier molecular flexibility index (Phi) is 4.58. The summed E-state index contributed by atoms with van der Waals surface area (Å²) < 4.78 is 7.52. The fourth-order valence-electron chi connectivity index (χ4n) is 3.80. The Bertz CT molecular complexity index is 983. The van der Waals surface area contributed by atoms with Gasteiger partial charge in [-0.2, -0.15) is 5.10 Å². The Balaban J connectivity index is 1.52. The Morgan fingerprint density at radius 2 is 2.11 bits per heavy atom. The third-order valence-corrected chi connectivity index (χ3v) is 5.20. The van der Waals surface area contributed by atoms with Gasteiger partial charge in [0.25, 0.3) is 5.91 Å². The minimum atomic E-state index is -0.0214. The molecule has 2 aromatic heterocycles. The number of aryl methyl sites for hydroxylation is 1. The number of aromatic nitrogens is 4. The van der Waals surface area contributed by atoms with Crippen molar-refractivity contribution < 1.29 is 9.53 Å². The highest BCUT2D eigenvalue weighted by Crippen LogP contribution is 2.42. The maximum Gasteiger partial charge on any atom is 0.254 e. The number of likely N-dealkylation sites (tertiary alicyclic amines) is 1. The molecule has 1 atom stereocenters. The van der Waals surface area contributed by atoms with E-state index in [9.17, 15) is 4.79 Å². The zero-order chi connectivity index (χ0) is 19.7. The van der Waals surface area contributed by atoms with E-state index in [2.05, 4.69) is 28.9 Å². The van der Waals surface area contributed by atoms with Crippen LogP contribution in [0.25, 0.3) is 0 Å². The zero-order valence-electron chi connectivity index (χ0n) is 16.2. The molecule has 7 heteroatoms. The zero-order valence-corrected chi connectivity index (χ0v) is 16.2. The molecule has 7 nitrogen and oxygen atoms in total. The van der Waals surface area contributed by atoms with E-state index >= 15 is 0 Å². The van der Waals surface area contributed by atoms with Gasteiger partial charge in [0.2, 0.25) is 5.88 Å². The first-order chi connectivity index (χ1) is 13.4. The molecule has 3 heterocycles. The number of hydrogen-bond acceptors (Lipinski definition) is 5. The summed E-state index contributed by atoms with van der Waals surface area (Å²) >= 11 is 0. The van der Waals surface area contributed by atoms with Crippen molar-refractivity contribution in [2.45, 2.75) is 19.8 Å². The van der Waals surface area contributed by atoms with Gasteiger partial charge in [-0.05, 0) is 29.2 Å². The lowest BCUT2D eigenvalue weighted by atomic mass is 9.79. The summed E-state index contributed by atoms with van der Waals surface area (Å²) in [5.74, 6) is 1.22. The summed E-state index contributed by atoms with van der Waals surface area (Å²) in [5, 5.41) is 4.29. The summed E-state index contributed by atoms with van der Waals surface area (Å²) in [6.07, 6.45) is 8.62. The van der Waals surface area contributed by atoms with Crippen LogP contribution in [0.4, 0.5) is 0 Å². The normalized spacial score (nSPS) is 18.2. The topological polar surface area (TPSA) is 73.1 Å². The molecule has 1 aliphatic rings. The number of ether oxygens (including phenoxy) is 1. The summed E-state index contributed by atoms with van der Waals surface area (Å²) in [4.78, 5) is 23.1. The van der Waals surface area contributed by atoms with Crippen molar-refractivity contribution in [3.63, 3.8) is 0 Å². The lowest BCUT2D eigenvalue weighted by Gasteiger charge is -2.24. The molecule has 4 rings (SSSR count). The van der Waals surface area contributed by atoms with Gasteiger partial charge < -0.3 is 9.64 Å². The molecule has 0 N–H and O–H groups in total. The van der Waals surface area contributed by atoms with E-state index in [4.69, 9.17) is 4.74 Å². The van der Waals surface area contributed by atoms with Crippen LogP contribution in [0.5, 0.6) is 11.6 Å². The van der Waals surface area contributed by atoms with Crippen LogP contribution in [0, 0.1) is 5.41 Å². The van der Waals surface area contributed by atoms with Gasteiger partial charge in [0.05, 0.1) is 12.4 Å². The van der Waals surface area contributed by atoms with E-state index in [-0.39, 0.29) is 17.2 Å². The monoisotopic (exact) mass is 377 g/mol. The quantitative estimate of drug-likeness (QED) is 0.698. The number of nitrogens with zero attached hydrogens (tertiary/aromatic N) is 5. The molecule has 1 aliphatic heterocycles. The first kappa shape index (κ1) is 18.2. The third-order valence-electron chi connectivity index (χ3n) is 5.20. The molecule has 0 aliphatic carbocycles. The molecule has 0 spiro atoms. The number of hydrogen-bond donors (Lipinski definition) is 0. The van der Waals surface area contributed by atoms with Gasteiger partial charge in [0.15, 0.2) is 0 Å². The van der Waals surface area contributed by atoms with Crippen molar-refractivity contribution in [1.82, 2.24) is 24.6 Å². The van der Waals surface area contributed by atoms with Crippen LogP contribution in [-0.4, -0.2) is 43.6 Å². The standard InChI is InChI=1S/C21H23N5O2/c1-21(2)14-26(13-18(21)16-10-24-25(3)12-16)20(27)15-5-4-6-17(9-15)28-19-11-22-7-8-23-19/h4-12,18H,13-14H2,1-3H3. The summed E-state index contributed by atoms with van der Waals surface area (Å²) in [5.41, 5.74) is 1.75. The highest BCUT2D eigenvalue weighted by atomic mass is 16.5. The van der Waals surface area contributed by atoms with Gasteiger partial charge in [0, 0.05) is 50.2 Å². The van der Waals surface area contributed by atoms with E-state index in [1.165, 1.54) is 11.8 Å². The largest absolute Gasteiger partial charge is 0.437 e. The van der Waals surface area contributed by atoms with Crippen molar-refractivity contribution in [1.29, 1.82) is 0 Å². The van der Waals surface area contributed by atoms with Crippen molar-refractivity contribution in [3.05, 3.63) is 66.4 Å². The lowest BCUT2D eigenvalue weighted by molar-refractivity contribution is 0.0777. The molecule has 3 aromatic rings. The second-order valence-corrected chi connectivity index (χ2v) is 7.85. The number of amides is 1. The fraction of sp³-hybridized carbons (Fsp3) is 0.333. The molecule has 0 bridgehead atoms. The van der Waals surface area contributed by atoms with Crippen LogP contribution in [0.15, 0.2) is 55.2 Å². The first-order valence-electron chi connectivity index (χ1n) is 9.24. The van der Waals surface area contributed by atoms with Gasteiger partial charge in [-0.3, -0.25) is 14.5 Å². The number of rotatable bonds is 4. The predicted molar refractivity (Wildman–Crippen MR) is 104 cm³/mol. The van der Waals surface area contributed by atoms with Gasteiger partial charge in [0.1, 0.15) is 5.75 Å². The summed E-state index contributed by atoms with van der Waals surface area (Å²) in [6.45, 7) is 5.77. The average Bonchev–Trinajstić information content (AvgIpc) is 3.24. The molecule has 1 fully saturated rings. The van der Waals surface area contributed by atoms with Crippen LogP contribution in [0.3, 0.4) is 0 Å². The lowest BCUT2D eigenvalue weighted by Crippen LogP contribution is -2.30. The van der Waals surface area contributed by atoms with Crippen LogP contribution >= 0.6 is 0 Å². The number of benzene rings is 1. The van der Waals surface area contributed by atoms with Gasteiger partial charge in [-0.15, -0.1) is 0 Å². The Morgan fingerprint density at radius 1 is 1.25 bits per heavy atom. The highest BCUT2D eigenvalue weighted by molar-refractivity contribution is 5.95. The van der Waals surface area contributed by atoms with Gasteiger partial charge in [-0.25, -0.2) is 4.98 Å². The van der Waals surface area contributed by atoms with E-state index in [0.717, 1.165) is 0 Å². The van der Waals surface area contributed by atoms with E-state index in [0.29, 0.717) is 30.3 Å². The molecule has 1 saturated heterocycles. The smallest absolute Gasteiger partial charge is 0.254 e. The maximum atomic E-state index is 13.1. The van der Waals surface area contributed by atoms with Crippen LogP contribution < -0.4 is 4.74 Å². The van der Waals surface area contributed by atoms with E-state index in [1.54, 1.807) is 24.5 Å². The molecule has 1 unspecified atom stereocenters. The molecule has 1 aromatic carbocycles. The van der Waals surface area contributed by atoms with E-state index in [1.807, 2.05) is 41.2 Å². The molecule has 1 amide bonds. The molecule has 28 heavy (non-hydrogen) atoms. The summed E-state index contributed by atoms with van der Waals surface area (Å²) in [7, 11) is 1.91. The van der Waals surface area contributed by atoms with Gasteiger partial charge in [-0.1, -0.05) is 19.9 Å². The Hall–Kier alpha value is -3.22. The molecule has 0 saturated carbocycles. The molecular weight excluding hydrogens is 354 g/mol. The SMILES string of the molecule is Cn1cc(C2CN(C(=O)c3cccc(Oc4cnccn4)c3)CC2(C)C)cn1. The van der Waals surface area contributed by atoms with E-state index < -0.39 is 0 Å². The van der Waals surface area contributed by atoms with Crippen molar-refractivity contribution in [2.24, 2.45) is 12.5 Å². The Morgan fingerprint density at radius 3 is 2.82 bits per heavy atom. The fourth-order valence-corrected chi connectivity index (χ4v) is 3.80. The Labute approximate surface area is 164 Å². The van der Waals surface area contributed by atoms with Crippen LogP contribution in [-0.2, 0) is 7.05 Å². The molecular formula is C21H23N5O2.